The Kier molecular flexibility index (Phi) is 6.87. The lowest BCUT2D eigenvalue weighted by Gasteiger charge is -2.27. The highest BCUT2D eigenvalue weighted by atomic mass is 32.2. The maximum atomic E-state index is 13.0. The second-order valence-electron chi connectivity index (χ2n) is 7.17. The highest BCUT2D eigenvalue weighted by Crippen LogP contribution is 2.23. The highest BCUT2D eigenvalue weighted by Gasteiger charge is 2.27. The van der Waals surface area contributed by atoms with Gasteiger partial charge in [0.25, 0.3) is 0 Å². The van der Waals surface area contributed by atoms with E-state index in [1.165, 1.54) is 16.4 Å². The topological polar surface area (TPSA) is 78.5 Å². The largest absolute Gasteiger partial charge is 0.334 e. The van der Waals surface area contributed by atoms with Crippen molar-refractivity contribution in [2.24, 2.45) is 0 Å². The molecule has 2 N–H and O–H groups in total. The zero-order valence-electron chi connectivity index (χ0n) is 16.4. The van der Waals surface area contributed by atoms with Gasteiger partial charge in [-0.1, -0.05) is 36.8 Å². The fourth-order valence-electron chi connectivity index (χ4n) is 3.40. The van der Waals surface area contributed by atoms with E-state index >= 15 is 0 Å². The molecule has 0 radical (unpaired) electrons. The van der Waals surface area contributed by atoms with E-state index in [0.717, 1.165) is 24.8 Å². The third kappa shape index (κ3) is 5.33. The van der Waals surface area contributed by atoms with E-state index in [1.807, 2.05) is 0 Å². The summed E-state index contributed by atoms with van der Waals surface area (Å²) in [6.07, 6.45) is 2.77. The van der Waals surface area contributed by atoms with Crippen LogP contribution in [0, 0.1) is 5.82 Å². The first kappa shape index (κ1) is 21.3. The van der Waals surface area contributed by atoms with Gasteiger partial charge in [-0.2, -0.15) is 4.31 Å². The average molecular weight is 420 g/mol. The predicted molar refractivity (Wildman–Crippen MR) is 109 cm³/mol. The molecule has 0 unspecified atom stereocenters. The number of carbonyl (C=O) groups is 1. The molecule has 0 bridgehead atoms. The van der Waals surface area contributed by atoms with Crippen LogP contribution in [0.25, 0.3) is 0 Å². The molecule has 3 rings (SSSR count). The van der Waals surface area contributed by atoms with Crippen LogP contribution >= 0.6 is 0 Å². The van der Waals surface area contributed by atoms with E-state index in [2.05, 4.69) is 10.6 Å². The number of sulfonamides is 1. The molecule has 0 spiro atoms. The van der Waals surface area contributed by atoms with Crippen molar-refractivity contribution < 1.29 is 17.6 Å². The number of benzene rings is 2. The highest BCUT2D eigenvalue weighted by molar-refractivity contribution is 7.89. The van der Waals surface area contributed by atoms with Gasteiger partial charge < -0.3 is 10.6 Å². The van der Waals surface area contributed by atoms with Crippen LogP contribution in [0.4, 0.5) is 9.18 Å². The number of hydrogen-bond acceptors (Lipinski definition) is 3. The molecule has 1 heterocycles. The van der Waals surface area contributed by atoms with Crippen LogP contribution in [0.2, 0.25) is 0 Å². The summed E-state index contributed by atoms with van der Waals surface area (Å²) in [5.74, 6) is -0.336. The smallest absolute Gasteiger partial charge is 0.315 e. The quantitative estimate of drug-likeness (QED) is 0.751. The number of rotatable bonds is 6. The first-order valence-corrected chi connectivity index (χ1v) is 11.2. The Bertz CT molecular complexity index is 942. The van der Waals surface area contributed by atoms with Crippen molar-refractivity contribution in [1.29, 1.82) is 0 Å². The molecule has 2 aromatic rings. The summed E-state index contributed by atoms with van der Waals surface area (Å²) in [6, 6.07) is 11.9. The third-order valence-electron chi connectivity index (χ3n) is 5.06. The zero-order valence-corrected chi connectivity index (χ0v) is 17.2. The fourth-order valence-corrected chi connectivity index (χ4v) is 5.14. The molecule has 1 saturated heterocycles. The molecule has 2 amide bonds. The van der Waals surface area contributed by atoms with Gasteiger partial charge in [-0.3, -0.25) is 0 Å². The third-order valence-corrected chi connectivity index (χ3v) is 7.06. The number of piperidine rings is 1. The minimum absolute atomic E-state index is 0.0885. The molecule has 1 aliphatic rings. The van der Waals surface area contributed by atoms with Gasteiger partial charge in [0.1, 0.15) is 5.82 Å². The molecule has 8 heteroatoms. The summed E-state index contributed by atoms with van der Waals surface area (Å²) in [6.45, 7) is 2.94. The van der Waals surface area contributed by atoms with Gasteiger partial charge in [0.05, 0.1) is 10.9 Å². The van der Waals surface area contributed by atoms with Crippen LogP contribution in [0.5, 0.6) is 0 Å². The summed E-state index contributed by atoms with van der Waals surface area (Å²) in [5.41, 5.74) is 1.32. The number of carbonyl (C=O) groups excluding carboxylic acids is 1. The molecule has 1 fully saturated rings. The maximum absolute atomic E-state index is 13.0. The van der Waals surface area contributed by atoms with Crippen LogP contribution in [0.3, 0.4) is 0 Å². The summed E-state index contributed by atoms with van der Waals surface area (Å²) < 4.78 is 40.6. The van der Waals surface area contributed by atoms with Crippen LogP contribution in [0.1, 0.15) is 43.4 Å². The number of hydrogen-bond donors (Lipinski definition) is 2. The summed E-state index contributed by atoms with van der Waals surface area (Å²) in [5, 5.41) is 5.49. The van der Waals surface area contributed by atoms with Crippen molar-refractivity contribution in [2.75, 3.05) is 13.1 Å². The Hall–Kier alpha value is -2.45. The molecule has 0 aromatic heterocycles. The van der Waals surface area contributed by atoms with E-state index in [-0.39, 0.29) is 23.3 Å². The number of nitrogens with zero attached hydrogens (tertiary/aromatic N) is 1. The molecule has 156 valence electrons. The standard InChI is InChI=1S/C21H26FN3O3S/c1-16(17-9-11-19(22)12-10-17)24-21(26)23-15-18-7-3-4-8-20(18)29(27,28)25-13-5-2-6-14-25/h3-4,7-12,16H,2,5-6,13-15H2,1H3,(H2,23,24,26)/t16-/m1/s1. The van der Waals surface area contributed by atoms with E-state index in [0.29, 0.717) is 18.7 Å². The van der Waals surface area contributed by atoms with Gasteiger partial charge in [0, 0.05) is 19.6 Å². The van der Waals surface area contributed by atoms with Crippen molar-refractivity contribution in [3.8, 4) is 0 Å². The van der Waals surface area contributed by atoms with Crippen LogP contribution < -0.4 is 10.6 Å². The van der Waals surface area contributed by atoms with Crippen LogP contribution in [-0.2, 0) is 16.6 Å². The van der Waals surface area contributed by atoms with Crippen LogP contribution in [-0.4, -0.2) is 31.8 Å². The van der Waals surface area contributed by atoms with Gasteiger partial charge in [-0.15, -0.1) is 0 Å². The minimum Gasteiger partial charge on any atom is -0.334 e. The number of nitrogens with one attached hydrogen (secondary N) is 2. The van der Waals surface area contributed by atoms with E-state index in [4.69, 9.17) is 0 Å². The first-order valence-electron chi connectivity index (χ1n) is 9.76. The number of amides is 2. The lowest BCUT2D eigenvalue weighted by Crippen LogP contribution is -2.38. The predicted octanol–water partition coefficient (Wildman–Crippen LogP) is 3.56. The summed E-state index contributed by atoms with van der Waals surface area (Å²) in [7, 11) is -3.58. The molecule has 6 nitrogen and oxygen atoms in total. The minimum atomic E-state index is -3.58. The Labute approximate surface area is 171 Å². The van der Waals surface area contributed by atoms with E-state index in [1.54, 1.807) is 43.3 Å². The van der Waals surface area contributed by atoms with Crippen molar-refractivity contribution in [3.63, 3.8) is 0 Å². The van der Waals surface area contributed by atoms with E-state index < -0.39 is 16.1 Å². The Balaban J connectivity index is 1.65. The second-order valence-corrected chi connectivity index (χ2v) is 9.08. The SMILES string of the molecule is C[C@@H](NC(=O)NCc1ccccc1S(=O)(=O)N1CCCCC1)c1ccc(F)cc1. The number of halogens is 1. The molecule has 1 aliphatic heterocycles. The molecule has 0 aliphatic carbocycles. The normalized spacial score (nSPS) is 16.2. The van der Waals surface area contributed by atoms with Crippen LogP contribution in [0.15, 0.2) is 53.4 Å². The van der Waals surface area contributed by atoms with Gasteiger partial charge in [0.15, 0.2) is 0 Å². The molecular weight excluding hydrogens is 393 g/mol. The van der Waals surface area contributed by atoms with Gasteiger partial charge in [-0.05, 0) is 49.1 Å². The van der Waals surface area contributed by atoms with Gasteiger partial charge >= 0.3 is 6.03 Å². The molecule has 2 aromatic carbocycles. The Morgan fingerprint density at radius 3 is 2.41 bits per heavy atom. The molecular formula is C21H26FN3O3S. The van der Waals surface area contributed by atoms with Gasteiger partial charge in [0.2, 0.25) is 10.0 Å². The monoisotopic (exact) mass is 419 g/mol. The van der Waals surface area contributed by atoms with Gasteiger partial charge in [-0.25, -0.2) is 17.6 Å². The molecule has 0 saturated carbocycles. The lowest BCUT2D eigenvalue weighted by molar-refractivity contribution is 0.237. The van der Waals surface area contributed by atoms with Crippen molar-refractivity contribution in [1.82, 2.24) is 14.9 Å². The van der Waals surface area contributed by atoms with Crippen molar-refractivity contribution >= 4 is 16.1 Å². The van der Waals surface area contributed by atoms with Crippen molar-refractivity contribution in [3.05, 3.63) is 65.5 Å². The lowest BCUT2D eigenvalue weighted by atomic mass is 10.1. The second kappa shape index (κ2) is 9.37. The van der Waals surface area contributed by atoms with Crippen molar-refractivity contribution in [2.45, 2.75) is 43.7 Å². The average Bonchev–Trinajstić information content (AvgIpc) is 2.73. The maximum Gasteiger partial charge on any atom is 0.315 e. The summed E-state index contributed by atoms with van der Waals surface area (Å²) in [4.78, 5) is 12.5. The summed E-state index contributed by atoms with van der Waals surface area (Å²) >= 11 is 0. The van der Waals surface area contributed by atoms with E-state index in [9.17, 15) is 17.6 Å². The first-order chi connectivity index (χ1) is 13.9. The number of urea groups is 1. The molecule has 29 heavy (non-hydrogen) atoms. The fraction of sp³-hybridized carbons (Fsp3) is 0.381. The Morgan fingerprint density at radius 2 is 1.72 bits per heavy atom. The molecule has 1 atom stereocenters. The zero-order chi connectivity index (χ0) is 20.9. The Morgan fingerprint density at radius 1 is 1.07 bits per heavy atom.